The standard InChI is InChI=1S/C14H17ClN2O4/c15-10-6-9(13(19)20)7-11(8-10)16-14(21)17(4-5-18)12-2-1-3-12/h6-8,12,18H,1-5H2,(H,16,21)(H,19,20). The lowest BCUT2D eigenvalue weighted by Gasteiger charge is -2.37. The third kappa shape index (κ3) is 3.86. The van der Waals surface area contributed by atoms with Crippen molar-refractivity contribution in [3.05, 3.63) is 28.8 Å². The predicted molar refractivity (Wildman–Crippen MR) is 78.9 cm³/mol. The second kappa shape index (κ2) is 6.78. The Bertz CT molecular complexity index is 546. The van der Waals surface area contributed by atoms with Crippen molar-refractivity contribution < 1.29 is 19.8 Å². The highest BCUT2D eigenvalue weighted by Crippen LogP contribution is 2.26. The number of benzene rings is 1. The van der Waals surface area contributed by atoms with Gasteiger partial charge in [0.05, 0.1) is 12.2 Å². The molecule has 1 aliphatic carbocycles. The van der Waals surface area contributed by atoms with E-state index in [4.69, 9.17) is 21.8 Å². The molecule has 6 nitrogen and oxygen atoms in total. The van der Waals surface area contributed by atoms with Crippen molar-refractivity contribution in [1.82, 2.24) is 4.90 Å². The number of carboxylic acid groups (broad SMARTS) is 1. The molecule has 2 amide bonds. The van der Waals surface area contributed by atoms with Crippen LogP contribution in [0.2, 0.25) is 5.02 Å². The molecule has 1 saturated carbocycles. The summed E-state index contributed by atoms with van der Waals surface area (Å²) in [6.07, 6.45) is 2.91. The number of carbonyl (C=O) groups excluding carboxylic acids is 1. The van der Waals surface area contributed by atoms with Gasteiger partial charge < -0.3 is 20.4 Å². The molecule has 1 fully saturated rings. The Labute approximate surface area is 127 Å². The Balaban J connectivity index is 2.12. The first-order valence-corrected chi connectivity index (χ1v) is 7.11. The maximum Gasteiger partial charge on any atom is 0.335 e. The zero-order valence-corrected chi connectivity index (χ0v) is 12.1. The monoisotopic (exact) mass is 312 g/mol. The maximum absolute atomic E-state index is 12.2. The number of carboxylic acids is 1. The summed E-state index contributed by atoms with van der Waals surface area (Å²) in [6.45, 7) is 0.142. The van der Waals surface area contributed by atoms with Crippen LogP contribution in [0.25, 0.3) is 0 Å². The third-order valence-electron chi connectivity index (χ3n) is 3.51. The molecule has 1 aliphatic rings. The number of anilines is 1. The van der Waals surface area contributed by atoms with Gasteiger partial charge in [0, 0.05) is 23.3 Å². The Morgan fingerprint density at radius 3 is 2.57 bits per heavy atom. The van der Waals surface area contributed by atoms with Crippen molar-refractivity contribution in [2.75, 3.05) is 18.5 Å². The summed E-state index contributed by atoms with van der Waals surface area (Å²) in [4.78, 5) is 24.8. The molecule has 0 radical (unpaired) electrons. The molecule has 0 aliphatic heterocycles. The molecule has 0 saturated heterocycles. The minimum absolute atomic E-state index is 0.00940. The van der Waals surface area contributed by atoms with Gasteiger partial charge in [0.25, 0.3) is 0 Å². The van der Waals surface area contributed by atoms with E-state index in [1.807, 2.05) is 0 Å². The predicted octanol–water partition coefficient (Wildman–Crippen LogP) is 2.42. The highest BCUT2D eigenvalue weighted by molar-refractivity contribution is 6.31. The molecule has 2 rings (SSSR count). The number of nitrogens with zero attached hydrogens (tertiary/aromatic N) is 1. The van der Waals surface area contributed by atoms with Crippen LogP contribution in [0.15, 0.2) is 18.2 Å². The lowest BCUT2D eigenvalue weighted by Crippen LogP contribution is -2.47. The number of aromatic carboxylic acids is 1. The second-order valence-electron chi connectivity index (χ2n) is 4.97. The summed E-state index contributed by atoms with van der Waals surface area (Å²) in [6, 6.07) is 3.94. The number of carbonyl (C=O) groups is 2. The van der Waals surface area contributed by atoms with E-state index in [1.165, 1.54) is 18.2 Å². The van der Waals surface area contributed by atoms with Crippen molar-refractivity contribution in [3.8, 4) is 0 Å². The van der Waals surface area contributed by atoms with Crippen molar-refractivity contribution in [2.45, 2.75) is 25.3 Å². The summed E-state index contributed by atoms with van der Waals surface area (Å²) in [5.74, 6) is -1.11. The summed E-state index contributed by atoms with van der Waals surface area (Å²) < 4.78 is 0. The van der Waals surface area contributed by atoms with Crippen molar-refractivity contribution in [3.63, 3.8) is 0 Å². The molecule has 0 unspecified atom stereocenters. The van der Waals surface area contributed by atoms with E-state index >= 15 is 0 Å². The average Bonchev–Trinajstić information content (AvgIpc) is 2.35. The zero-order valence-electron chi connectivity index (χ0n) is 11.4. The molecule has 7 heteroatoms. The molecule has 0 bridgehead atoms. The highest BCUT2D eigenvalue weighted by Gasteiger charge is 2.28. The SMILES string of the molecule is O=C(O)c1cc(Cl)cc(NC(=O)N(CCO)C2CCC2)c1. The molecule has 0 spiro atoms. The molecular weight excluding hydrogens is 296 g/mol. The molecule has 3 N–H and O–H groups in total. The van der Waals surface area contributed by atoms with Gasteiger partial charge in [0.15, 0.2) is 0 Å². The van der Waals surface area contributed by atoms with Crippen LogP contribution in [0.3, 0.4) is 0 Å². The minimum Gasteiger partial charge on any atom is -0.478 e. The van der Waals surface area contributed by atoms with Crippen LogP contribution < -0.4 is 5.32 Å². The van der Waals surface area contributed by atoms with Crippen molar-refractivity contribution >= 4 is 29.3 Å². The van der Waals surface area contributed by atoms with Crippen molar-refractivity contribution in [2.24, 2.45) is 0 Å². The molecule has 0 atom stereocenters. The number of amides is 2. The van der Waals surface area contributed by atoms with Crippen LogP contribution in [0, 0.1) is 0 Å². The lowest BCUT2D eigenvalue weighted by atomic mass is 9.92. The van der Waals surface area contributed by atoms with E-state index in [-0.39, 0.29) is 35.8 Å². The molecule has 114 valence electrons. The number of aliphatic hydroxyl groups is 1. The number of hydrogen-bond donors (Lipinski definition) is 3. The topological polar surface area (TPSA) is 89.9 Å². The summed E-state index contributed by atoms with van der Waals surface area (Å²) >= 11 is 5.85. The van der Waals surface area contributed by atoms with E-state index in [9.17, 15) is 9.59 Å². The molecule has 1 aromatic carbocycles. The van der Waals surface area contributed by atoms with E-state index in [0.29, 0.717) is 5.69 Å². The van der Waals surface area contributed by atoms with Crippen LogP contribution >= 0.6 is 11.6 Å². The highest BCUT2D eigenvalue weighted by atomic mass is 35.5. The van der Waals surface area contributed by atoms with E-state index in [0.717, 1.165) is 19.3 Å². The molecule has 1 aromatic rings. The van der Waals surface area contributed by atoms with Crippen molar-refractivity contribution in [1.29, 1.82) is 0 Å². The molecule has 0 heterocycles. The first kappa shape index (κ1) is 15.6. The Morgan fingerprint density at radius 1 is 1.33 bits per heavy atom. The first-order chi connectivity index (χ1) is 10.0. The van der Waals surface area contributed by atoms with Gasteiger partial charge in [-0.2, -0.15) is 0 Å². The van der Waals surface area contributed by atoms with Crippen LogP contribution in [0.5, 0.6) is 0 Å². The van der Waals surface area contributed by atoms with Crippen LogP contribution in [-0.4, -0.2) is 46.3 Å². The number of hydrogen-bond acceptors (Lipinski definition) is 3. The second-order valence-corrected chi connectivity index (χ2v) is 5.40. The smallest absolute Gasteiger partial charge is 0.335 e. The minimum atomic E-state index is -1.11. The fraction of sp³-hybridized carbons (Fsp3) is 0.429. The maximum atomic E-state index is 12.2. The zero-order chi connectivity index (χ0) is 15.4. The quantitative estimate of drug-likeness (QED) is 0.779. The number of rotatable bonds is 5. The van der Waals surface area contributed by atoms with E-state index < -0.39 is 5.97 Å². The number of halogens is 1. The van der Waals surface area contributed by atoms with E-state index in [1.54, 1.807) is 4.90 Å². The fourth-order valence-corrected chi connectivity index (χ4v) is 2.47. The van der Waals surface area contributed by atoms with Crippen LogP contribution in [-0.2, 0) is 0 Å². The largest absolute Gasteiger partial charge is 0.478 e. The van der Waals surface area contributed by atoms with Gasteiger partial charge in [-0.25, -0.2) is 9.59 Å². The van der Waals surface area contributed by atoms with Gasteiger partial charge in [0.1, 0.15) is 0 Å². The Morgan fingerprint density at radius 2 is 2.05 bits per heavy atom. The normalized spacial score (nSPS) is 14.4. The molecule has 0 aromatic heterocycles. The lowest BCUT2D eigenvalue weighted by molar-refractivity contribution is 0.0697. The summed E-state index contributed by atoms with van der Waals surface area (Å²) in [5.41, 5.74) is 0.335. The van der Waals surface area contributed by atoms with Gasteiger partial charge >= 0.3 is 12.0 Å². The molecular formula is C14H17ClN2O4. The average molecular weight is 313 g/mol. The number of nitrogens with one attached hydrogen (secondary N) is 1. The van der Waals surface area contributed by atoms with Gasteiger partial charge in [-0.1, -0.05) is 11.6 Å². The summed E-state index contributed by atoms with van der Waals surface area (Å²) in [7, 11) is 0. The van der Waals surface area contributed by atoms with Crippen LogP contribution in [0.1, 0.15) is 29.6 Å². The number of aliphatic hydroxyl groups excluding tert-OH is 1. The summed E-state index contributed by atoms with van der Waals surface area (Å²) in [5, 5.41) is 20.9. The van der Waals surface area contributed by atoms with Gasteiger partial charge in [-0.3, -0.25) is 0 Å². The Kier molecular flexibility index (Phi) is 5.03. The first-order valence-electron chi connectivity index (χ1n) is 6.73. The van der Waals surface area contributed by atoms with Gasteiger partial charge in [0.2, 0.25) is 0 Å². The van der Waals surface area contributed by atoms with Crippen LogP contribution in [0.4, 0.5) is 10.5 Å². The third-order valence-corrected chi connectivity index (χ3v) is 3.73. The fourth-order valence-electron chi connectivity index (χ4n) is 2.24. The van der Waals surface area contributed by atoms with Gasteiger partial charge in [-0.15, -0.1) is 0 Å². The molecule has 21 heavy (non-hydrogen) atoms. The Hall–Kier alpha value is -1.79. The van der Waals surface area contributed by atoms with Gasteiger partial charge in [-0.05, 0) is 37.5 Å². The number of urea groups is 1. The van der Waals surface area contributed by atoms with E-state index in [2.05, 4.69) is 5.32 Å².